The molecule has 0 saturated carbocycles. The van der Waals surface area contributed by atoms with Gasteiger partial charge in [0.05, 0.1) is 4.92 Å². The maximum Gasteiger partial charge on any atom is 0.353 e. The van der Waals surface area contributed by atoms with Gasteiger partial charge in [0.2, 0.25) is 11.6 Å². The standard InChI is InChI=1S/C15H19N5O2/c1-10-6-5-7-11(8-10)18-13-12(20(21)22)14(17-9-16-13)19-15(2,3)4/h5-9H,1-4H3,(H2,16,17,18,19). The largest absolute Gasteiger partial charge is 0.360 e. The second-order valence-corrected chi connectivity index (χ2v) is 6.05. The van der Waals surface area contributed by atoms with Gasteiger partial charge in [0.1, 0.15) is 6.33 Å². The van der Waals surface area contributed by atoms with E-state index in [4.69, 9.17) is 0 Å². The van der Waals surface area contributed by atoms with E-state index in [9.17, 15) is 10.1 Å². The fraction of sp³-hybridized carbons (Fsp3) is 0.333. The Labute approximate surface area is 129 Å². The molecule has 0 unspecified atom stereocenters. The van der Waals surface area contributed by atoms with Crippen molar-refractivity contribution in [1.29, 1.82) is 0 Å². The summed E-state index contributed by atoms with van der Waals surface area (Å²) in [4.78, 5) is 19.0. The van der Waals surface area contributed by atoms with E-state index in [1.807, 2.05) is 52.0 Å². The summed E-state index contributed by atoms with van der Waals surface area (Å²) >= 11 is 0. The maximum absolute atomic E-state index is 11.4. The van der Waals surface area contributed by atoms with Crippen LogP contribution in [-0.2, 0) is 0 Å². The van der Waals surface area contributed by atoms with Crippen LogP contribution in [0.15, 0.2) is 30.6 Å². The minimum Gasteiger partial charge on any atom is -0.360 e. The predicted octanol–water partition coefficient (Wildman–Crippen LogP) is 3.65. The molecule has 0 atom stereocenters. The van der Waals surface area contributed by atoms with E-state index in [2.05, 4.69) is 20.6 Å². The van der Waals surface area contributed by atoms with Gasteiger partial charge in [-0.2, -0.15) is 0 Å². The van der Waals surface area contributed by atoms with E-state index >= 15 is 0 Å². The molecule has 0 spiro atoms. The molecule has 1 heterocycles. The average molecular weight is 301 g/mol. The van der Waals surface area contributed by atoms with Crippen molar-refractivity contribution in [3.05, 3.63) is 46.3 Å². The third kappa shape index (κ3) is 3.91. The minimum absolute atomic E-state index is 0.164. The molecule has 1 aromatic heterocycles. The quantitative estimate of drug-likeness (QED) is 0.661. The lowest BCUT2D eigenvalue weighted by Crippen LogP contribution is -2.27. The molecule has 0 aliphatic heterocycles. The Morgan fingerprint density at radius 3 is 2.45 bits per heavy atom. The van der Waals surface area contributed by atoms with Gasteiger partial charge in [-0.05, 0) is 45.4 Å². The molecule has 0 bridgehead atoms. The summed E-state index contributed by atoms with van der Waals surface area (Å²) in [6.45, 7) is 7.68. The first-order valence-corrected chi connectivity index (χ1v) is 6.87. The molecule has 0 amide bonds. The summed E-state index contributed by atoms with van der Waals surface area (Å²) in [5, 5.41) is 17.5. The van der Waals surface area contributed by atoms with Crippen molar-refractivity contribution in [2.45, 2.75) is 33.2 Å². The number of rotatable bonds is 4. The molecule has 2 aromatic rings. The number of hydrogen-bond donors (Lipinski definition) is 2. The van der Waals surface area contributed by atoms with Crippen LogP contribution in [0.3, 0.4) is 0 Å². The topological polar surface area (TPSA) is 93.0 Å². The molecule has 1 aromatic carbocycles. The highest BCUT2D eigenvalue weighted by Crippen LogP contribution is 2.32. The first-order valence-electron chi connectivity index (χ1n) is 6.87. The van der Waals surface area contributed by atoms with Crippen molar-refractivity contribution >= 4 is 23.0 Å². The molecular formula is C15H19N5O2. The summed E-state index contributed by atoms with van der Waals surface area (Å²) < 4.78 is 0. The summed E-state index contributed by atoms with van der Waals surface area (Å²) in [6, 6.07) is 7.55. The Kier molecular flexibility index (Phi) is 4.25. The van der Waals surface area contributed by atoms with E-state index in [0.29, 0.717) is 0 Å². The molecular weight excluding hydrogens is 282 g/mol. The van der Waals surface area contributed by atoms with Crippen LogP contribution in [0.25, 0.3) is 0 Å². The van der Waals surface area contributed by atoms with Crippen molar-refractivity contribution in [1.82, 2.24) is 9.97 Å². The Morgan fingerprint density at radius 1 is 1.18 bits per heavy atom. The predicted molar refractivity (Wildman–Crippen MR) is 86.5 cm³/mol. The van der Waals surface area contributed by atoms with Crippen LogP contribution in [0.5, 0.6) is 0 Å². The maximum atomic E-state index is 11.4. The van der Waals surface area contributed by atoms with Gasteiger partial charge in [0.25, 0.3) is 0 Å². The fourth-order valence-corrected chi connectivity index (χ4v) is 1.95. The van der Waals surface area contributed by atoms with Crippen LogP contribution in [0.1, 0.15) is 26.3 Å². The van der Waals surface area contributed by atoms with Gasteiger partial charge in [-0.1, -0.05) is 12.1 Å². The van der Waals surface area contributed by atoms with Crippen LogP contribution in [0.2, 0.25) is 0 Å². The normalized spacial score (nSPS) is 11.1. The van der Waals surface area contributed by atoms with E-state index in [-0.39, 0.29) is 22.9 Å². The lowest BCUT2D eigenvalue weighted by Gasteiger charge is -2.21. The molecule has 7 heteroatoms. The number of nitrogens with one attached hydrogen (secondary N) is 2. The van der Waals surface area contributed by atoms with Crippen molar-refractivity contribution in [2.75, 3.05) is 10.6 Å². The van der Waals surface area contributed by atoms with Crippen LogP contribution in [0, 0.1) is 17.0 Å². The van der Waals surface area contributed by atoms with Gasteiger partial charge in [-0.15, -0.1) is 0 Å². The molecule has 22 heavy (non-hydrogen) atoms. The lowest BCUT2D eigenvalue weighted by atomic mass is 10.1. The molecule has 0 aliphatic rings. The van der Waals surface area contributed by atoms with Gasteiger partial charge >= 0.3 is 5.69 Å². The van der Waals surface area contributed by atoms with Crippen LogP contribution < -0.4 is 10.6 Å². The first kappa shape index (κ1) is 15.7. The summed E-state index contributed by atoms with van der Waals surface area (Å²) in [6.07, 6.45) is 1.30. The number of nitro groups is 1. The van der Waals surface area contributed by atoms with Crippen molar-refractivity contribution < 1.29 is 4.92 Å². The SMILES string of the molecule is Cc1cccc(Nc2ncnc(NC(C)(C)C)c2[N+](=O)[O-])c1. The lowest BCUT2D eigenvalue weighted by molar-refractivity contribution is -0.383. The highest BCUT2D eigenvalue weighted by Gasteiger charge is 2.25. The van der Waals surface area contributed by atoms with Crippen LogP contribution in [0.4, 0.5) is 23.0 Å². The smallest absolute Gasteiger partial charge is 0.353 e. The third-order valence-corrected chi connectivity index (χ3v) is 2.78. The number of nitrogens with zero attached hydrogens (tertiary/aromatic N) is 3. The number of aromatic nitrogens is 2. The van der Waals surface area contributed by atoms with Gasteiger partial charge < -0.3 is 10.6 Å². The Hall–Kier alpha value is -2.70. The van der Waals surface area contributed by atoms with Crippen molar-refractivity contribution in [2.24, 2.45) is 0 Å². The molecule has 0 fully saturated rings. The zero-order valence-electron chi connectivity index (χ0n) is 13.0. The zero-order chi connectivity index (χ0) is 16.3. The second-order valence-electron chi connectivity index (χ2n) is 6.05. The molecule has 0 aliphatic carbocycles. The number of aryl methyl sites for hydroxylation is 1. The molecule has 7 nitrogen and oxygen atoms in total. The number of hydrogen-bond acceptors (Lipinski definition) is 6. The molecule has 2 N–H and O–H groups in total. The first-order chi connectivity index (χ1) is 10.3. The summed E-state index contributed by atoms with van der Waals surface area (Å²) in [7, 11) is 0. The zero-order valence-corrected chi connectivity index (χ0v) is 13.0. The highest BCUT2D eigenvalue weighted by molar-refractivity contribution is 5.74. The molecule has 0 saturated heterocycles. The van der Waals surface area contributed by atoms with E-state index < -0.39 is 4.92 Å². The number of anilines is 3. The summed E-state index contributed by atoms with van der Waals surface area (Å²) in [5.41, 5.74) is 1.27. The van der Waals surface area contributed by atoms with Crippen molar-refractivity contribution in [3.63, 3.8) is 0 Å². The van der Waals surface area contributed by atoms with Gasteiger partial charge in [0, 0.05) is 11.2 Å². The van der Waals surface area contributed by atoms with E-state index in [0.717, 1.165) is 11.3 Å². The highest BCUT2D eigenvalue weighted by atomic mass is 16.6. The molecule has 116 valence electrons. The Bertz CT molecular complexity index is 695. The van der Waals surface area contributed by atoms with Crippen LogP contribution in [-0.4, -0.2) is 20.4 Å². The third-order valence-electron chi connectivity index (χ3n) is 2.78. The Morgan fingerprint density at radius 2 is 1.86 bits per heavy atom. The Balaban J connectivity index is 2.43. The fourth-order valence-electron chi connectivity index (χ4n) is 1.95. The van der Waals surface area contributed by atoms with E-state index in [1.54, 1.807) is 0 Å². The molecule has 0 radical (unpaired) electrons. The number of benzene rings is 1. The van der Waals surface area contributed by atoms with Gasteiger partial charge in [-0.25, -0.2) is 9.97 Å². The van der Waals surface area contributed by atoms with Gasteiger partial charge in [0.15, 0.2) is 0 Å². The monoisotopic (exact) mass is 301 g/mol. The summed E-state index contributed by atoms with van der Waals surface area (Å²) in [5.74, 6) is 0.361. The van der Waals surface area contributed by atoms with E-state index in [1.165, 1.54) is 6.33 Å². The van der Waals surface area contributed by atoms with Gasteiger partial charge in [-0.3, -0.25) is 10.1 Å². The second kappa shape index (κ2) is 5.97. The molecule has 2 rings (SSSR count). The van der Waals surface area contributed by atoms with Crippen LogP contribution >= 0.6 is 0 Å². The minimum atomic E-state index is -0.480. The van der Waals surface area contributed by atoms with Crippen molar-refractivity contribution in [3.8, 4) is 0 Å². The average Bonchev–Trinajstić information content (AvgIpc) is 2.36.